The van der Waals surface area contributed by atoms with Gasteiger partial charge < -0.3 is 14.6 Å². The summed E-state index contributed by atoms with van der Waals surface area (Å²) in [4.78, 5) is 13.3. The molecule has 0 radical (unpaired) electrons. The summed E-state index contributed by atoms with van der Waals surface area (Å²) < 4.78 is 14.2. The molecule has 1 fully saturated rings. The van der Waals surface area contributed by atoms with Crippen molar-refractivity contribution in [2.45, 2.75) is 89.1 Å². The Kier molecular flexibility index (Phi) is 11.3. The monoisotopic (exact) mass is 695 g/mol. The van der Waals surface area contributed by atoms with Crippen LogP contribution in [-0.2, 0) is 32.7 Å². The summed E-state index contributed by atoms with van der Waals surface area (Å²) in [7, 11) is -0.279. The minimum atomic E-state index is -0.783. The van der Waals surface area contributed by atoms with E-state index in [1.165, 1.54) is 0 Å². The molecule has 266 valence electrons. The lowest BCUT2D eigenvalue weighted by Gasteiger charge is -2.40. The Balaban J connectivity index is 1.30. The molecule has 1 aliphatic rings. The van der Waals surface area contributed by atoms with Crippen molar-refractivity contribution < 1.29 is 14.1 Å². The number of unbranched alkanes of at least 4 members (excludes halogenated alkanes) is 1. The van der Waals surface area contributed by atoms with Crippen molar-refractivity contribution >= 4 is 13.0 Å². The van der Waals surface area contributed by atoms with Gasteiger partial charge in [0.1, 0.15) is 6.54 Å². The molecule has 0 saturated carbocycles. The van der Waals surface area contributed by atoms with E-state index in [0.29, 0.717) is 24.4 Å². The largest absolute Gasteiger partial charge is 0.457 e. The van der Waals surface area contributed by atoms with Crippen molar-refractivity contribution in [3.8, 4) is 6.07 Å². The van der Waals surface area contributed by atoms with Crippen molar-refractivity contribution in [2.75, 3.05) is 0 Å². The Morgan fingerprint density at radius 3 is 1.88 bits per heavy atom. The zero-order chi connectivity index (χ0) is 36.6. The van der Waals surface area contributed by atoms with E-state index in [0.717, 1.165) is 41.4 Å². The Bertz CT molecular complexity index is 1830. The van der Waals surface area contributed by atoms with Crippen molar-refractivity contribution in [3.05, 3.63) is 149 Å². The lowest BCUT2D eigenvalue weighted by molar-refractivity contribution is -0.122. The van der Waals surface area contributed by atoms with Gasteiger partial charge in [0.05, 0.1) is 34.4 Å². The summed E-state index contributed by atoms with van der Waals surface area (Å²) in [6.45, 7) is 8.56. The molecule has 0 bridgehead atoms. The number of nitrogens with one attached hydrogen (secondary N) is 2. The molecule has 5 aromatic rings. The van der Waals surface area contributed by atoms with Crippen molar-refractivity contribution in [1.29, 1.82) is 5.26 Å². The first-order chi connectivity index (χ1) is 25.1. The van der Waals surface area contributed by atoms with Crippen LogP contribution in [0.1, 0.15) is 86.6 Å². The lowest BCUT2D eigenvalue weighted by Crippen LogP contribution is -2.47. The van der Waals surface area contributed by atoms with Gasteiger partial charge in [0.15, 0.2) is 5.82 Å². The van der Waals surface area contributed by atoms with Gasteiger partial charge in [-0.1, -0.05) is 116 Å². The van der Waals surface area contributed by atoms with Crippen LogP contribution in [0.5, 0.6) is 0 Å². The minimum Gasteiger partial charge on any atom is -0.403 e. The van der Waals surface area contributed by atoms with Crippen LogP contribution in [-0.4, -0.2) is 44.4 Å². The van der Waals surface area contributed by atoms with Crippen LogP contribution in [0.3, 0.4) is 0 Å². The second-order valence-corrected chi connectivity index (χ2v) is 14.3. The minimum absolute atomic E-state index is 0.0558. The van der Waals surface area contributed by atoms with Gasteiger partial charge in [-0.15, -0.1) is 5.10 Å². The fraction of sp³-hybridized carbons (Fsp3) is 0.341. The number of carbonyl (C=O) groups is 1. The topological polar surface area (TPSA) is 127 Å². The predicted octanol–water partition coefficient (Wildman–Crippen LogP) is 6.75. The van der Waals surface area contributed by atoms with E-state index < -0.39 is 5.54 Å². The van der Waals surface area contributed by atoms with E-state index in [2.05, 4.69) is 133 Å². The molecule has 1 aliphatic heterocycles. The van der Waals surface area contributed by atoms with Gasteiger partial charge in [-0.3, -0.25) is 10.1 Å². The quantitative estimate of drug-likeness (QED) is 0.0700. The molecule has 52 heavy (non-hydrogen) atoms. The van der Waals surface area contributed by atoms with Gasteiger partial charge in [0.25, 0.3) is 0 Å². The van der Waals surface area contributed by atoms with Crippen LogP contribution < -0.4 is 10.6 Å². The highest BCUT2D eigenvalue weighted by molar-refractivity contribution is 6.45. The zero-order valence-electron chi connectivity index (χ0n) is 30.3. The Morgan fingerprint density at radius 2 is 1.37 bits per heavy atom. The summed E-state index contributed by atoms with van der Waals surface area (Å²) in [5.41, 5.74) is 3.10. The maximum Gasteiger partial charge on any atom is 0.457 e. The highest BCUT2D eigenvalue weighted by Crippen LogP contribution is 2.41. The number of hydrogen-bond acceptors (Lipinski definition) is 8. The number of aromatic nitrogens is 4. The first kappa shape index (κ1) is 36.6. The first-order valence-electron chi connectivity index (χ1n) is 17.9. The molecular formula is C41H46BN7O3. The van der Waals surface area contributed by atoms with E-state index in [-0.39, 0.29) is 36.8 Å². The smallest absolute Gasteiger partial charge is 0.403 e. The molecule has 2 heterocycles. The van der Waals surface area contributed by atoms with E-state index in [4.69, 9.17) is 14.6 Å². The second-order valence-electron chi connectivity index (χ2n) is 14.3. The number of rotatable bonds is 15. The van der Waals surface area contributed by atoms with Gasteiger partial charge in [0, 0.05) is 6.54 Å². The number of carbonyl (C=O) groups excluding carboxylic acids is 1. The number of nitrogens with zero attached hydrogens (tertiary/aromatic N) is 5. The summed E-state index contributed by atoms with van der Waals surface area (Å²) in [5, 5.41) is 29.1. The number of tetrazole rings is 1. The normalized spacial score (nSPS) is 15.6. The van der Waals surface area contributed by atoms with Crippen LogP contribution in [0.15, 0.2) is 115 Å². The summed E-state index contributed by atoms with van der Waals surface area (Å²) in [6, 6.07) is 40.1. The number of hydrogen-bond donors (Lipinski definition) is 2. The molecular weight excluding hydrogens is 649 g/mol. The average molecular weight is 696 g/mol. The van der Waals surface area contributed by atoms with E-state index in [1.807, 2.05) is 30.3 Å². The van der Waals surface area contributed by atoms with Crippen LogP contribution in [0.4, 0.5) is 0 Å². The third kappa shape index (κ3) is 8.15. The van der Waals surface area contributed by atoms with Crippen molar-refractivity contribution in [1.82, 2.24) is 30.8 Å². The molecule has 2 N–H and O–H groups in total. The predicted molar refractivity (Wildman–Crippen MR) is 201 cm³/mol. The van der Waals surface area contributed by atoms with Crippen molar-refractivity contribution in [2.24, 2.45) is 0 Å². The highest BCUT2D eigenvalue weighted by atomic mass is 16.7. The summed E-state index contributed by atoms with van der Waals surface area (Å²) in [5.74, 6) is 0.342. The molecule has 1 amide bonds. The van der Waals surface area contributed by atoms with Gasteiger partial charge >= 0.3 is 7.12 Å². The first-order valence-corrected chi connectivity index (χ1v) is 17.9. The molecule has 1 saturated heterocycles. The number of amides is 1. The standard InChI is InChI=1S/C41H46BN7O3/c1-39(2)40(3,4)52-42(51-39)27-15-14-22-36(38-46-47-48-49(38)30-37(50)44-29-32-25-23-31(28-43)24-26-32)45-41(33-16-8-5-9-17-33,34-18-10-6-11-19-34)35-20-12-7-13-21-35/h5-13,16-21,23-26,36,45H,14-15,22,27,29-30H2,1-4H3,(H,44,50). The SMILES string of the molecule is CC1(C)OB(CCCCC(NC(c2ccccc2)(c2ccccc2)c2ccccc2)c2nnnn2CC(=O)NCc2ccc(C#N)cc2)OC1(C)C. The molecule has 1 aromatic heterocycles. The maximum atomic E-state index is 13.3. The molecule has 0 spiro atoms. The third-order valence-corrected chi connectivity index (χ3v) is 10.2. The molecule has 1 unspecified atom stereocenters. The second kappa shape index (κ2) is 16.0. The van der Waals surface area contributed by atoms with E-state index in [1.54, 1.807) is 16.8 Å². The molecule has 0 aliphatic carbocycles. The molecule has 1 atom stereocenters. The van der Waals surface area contributed by atoms with Crippen molar-refractivity contribution in [3.63, 3.8) is 0 Å². The van der Waals surface area contributed by atoms with Crippen LogP contribution >= 0.6 is 0 Å². The number of benzene rings is 4. The molecule has 6 rings (SSSR count). The number of nitriles is 1. The fourth-order valence-corrected chi connectivity index (χ4v) is 6.75. The highest BCUT2D eigenvalue weighted by Gasteiger charge is 2.50. The average Bonchev–Trinajstić information content (AvgIpc) is 3.70. The van der Waals surface area contributed by atoms with Crippen LogP contribution in [0.2, 0.25) is 6.32 Å². The Morgan fingerprint density at radius 1 is 0.827 bits per heavy atom. The van der Waals surface area contributed by atoms with E-state index in [9.17, 15) is 4.79 Å². The Labute approximate surface area is 306 Å². The Hall–Kier alpha value is -5.15. The third-order valence-electron chi connectivity index (χ3n) is 10.2. The van der Waals surface area contributed by atoms with Gasteiger partial charge in [0.2, 0.25) is 5.91 Å². The molecule has 10 nitrogen and oxygen atoms in total. The molecule has 4 aromatic carbocycles. The van der Waals surface area contributed by atoms with E-state index >= 15 is 0 Å². The zero-order valence-corrected chi connectivity index (χ0v) is 30.3. The van der Waals surface area contributed by atoms with Crippen LogP contribution in [0, 0.1) is 11.3 Å². The van der Waals surface area contributed by atoms with Crippen LogP contribution in [0.25, 0.3) is 0 Å². The van der Waals surface area contributed by atoms with Gasteiger partial charge in [-0.25, -0.2) is 4.68 Å². The fourth-order valence-electron chi connectivity index (χ4n) is 6.75. The van der Waals surface area contributed by atoms with Gasteiger partial charge in [-0.05, 0) is 85.2 Å². The summed E-state index contributed by atoms with van der Waals surface area (Å²) in [6.07, 6.45) is 3.12. The lowest BCUT2D eigenvalue weighted by atomic mass is 9.76. The molecule has 11 heteroatoms. The maximum absolute atomic E-state index is 13.3. The van der Waals surface area contributed by atoms with Gasteiger partial charge in [-0.2, -0.15) is 5.26 Å². The summed E-state index contributed by atoms with van der Waals surface area (Å²) >= 11 is 0.